The average molecular weight is 213 g/mol. The van der Waals surface area contributed by atoms with Crippen LogP contribution in [0.5, 0.6) is 0 Å². The molecule has 5 nitrogen and oxygen atoms in total. The van der Waals surface area contributed by atoms with Crippen LogP contribution in [0.15, 0.2) is 18.9 Å². The van der Waals surface area contributed by atoms with E-state index in [-0.39, 0.29) is 5.75 Å². The second kappa shape index (κ2) is 3.21. The highest BCUT2D eigenvalue weighted by atomic mass is 32.2. The summed E-state index contributed by atoms with van der Waals surface area (Å²) in [6.07, 6.45) is 3.07. The number of H-pyrrole nitrogens is 1. The van der Waals surface area contributed by atoms with Crippen molar-refractivity contribution in [2.45, 2.75) is 13.1 Å². The molecule has 0 saturated carbocycles. The number of hydrogen-bond acceptors (Lipinski definition) is 3. The highest BCUT2D eigenvalue weighted by molar-refractivity contribution is 7.89. The fourth-order valence-corrected chi connectivity index (χ4v) is 2.65. The van der Waals surface area contributed by atoms with Crippen molar-refractivity contribution in [3.63, 3.8) is 0 Å². The molecule has 0 saturated heterocycles. The van der Waals surface area contributed by atoms with Crippen molar-refractivity contribution < 1.29 is 8.42 Å². The molecule has 0 fully saturated rings. The Kier molecular flexibility index (Phi) is 2.16. The molecule has 1 aliphatic rings. The van der Waals surface area contributed by atoms with Gasteiger partial charge in [-0.3, -0.25) is 5.10 Å². The van der Waals surface area contributed by atoms with Crippen LogP contribution < -0.4 is 0 Å². The Morgan fingerprint density at radius 2 is 2.43 bits per heavy atom. The third-order valence-electron chi connectivity index (χ3n) is 2.21. The number of aromatic nitrogens is 2. The molecule has 1 N–H and O–H groups in total. The maximum absolute atomic E-state index is 11.6. The highest BCUT2D eigenvalue weighted by Gasteiger charge is 2.29. The number of fused-ring (bicyclic) bond motifs is 1. The van der Waals surface area contributed by atoms with Crippen LogP contribution >= 0.6 is 0 Å². The Balaban J connectivity index is 2.19. The first-order valence-corrected chi connectivity index (χ1v) is 5.84. The van der Waals surface area contributed by atoms with Gasteiger partial charge < -0.3 is 0 Å². The van der Waals surface area contributed by atoms with Gasteiger partial charge in [-0.25, -0.2) is 8.42 Å². The molecule has 14 heavy (non-hydrogen) atoms. The topological polar surface area (TPSA) is 66.1 Å². The molecule has 0 spiro atoms. The molecule has 1 aliphatic heterocycles. The number of rotatable bonds is 3. The van der Waals surface area contributed by atoms with Crippen molar-refractivity contribution >= 4 is 10.0 Å². The van der Waals surface area contributed by atoms with Crippen LogP contribution in [0.25, 0.3) is 0 Å². The number of nitrogens with one attached hydrogen (secondary N) is 1. The summed E-state index contributed by atoms with van der Waals surface area (Å²) in [5.41, 5.74) is 1.84. The van der Waals surface area contributed by atoms with Crippen molar-refractivity contribution in [3.8, 4) is 0 Å². The SMILES string of the molecule is C=CCS(=O)(=O)N1Cc2cn[nH]c2C1. The molecular formula is C8H11N3O2S. The maximum Gasteiger partial charge on any atom is 0.218 e. The van der Waals surface area contributed by atoms with E-state index in [1.165, 1.54) is 10.4 Å². The van der Waals surface area contributed by atoms with Gasteiger partial charge in [0.15, 0.2) is 0 Å². The first-order chi connectivity index (χ1) is 6.63. The molecule has 2 rings (SSSR count). The van der Waals surface area contributed by atoms with Crippen LogP contribution in [0.1, 0.15) is 11.3 Å². The lowest BCUT2D eigenvalue weighted by Crippen LogP contribution is -2.27. The molecule has 0 aromatic carbocycles. The fourth-order valence-electron chi connectivity index (χ4n) is 1.48. The molecule has 0 bridgehead atoms. The van der Waals surface area contributed by atoms with Gasteiger partial charge in [-0.1, -0.05) is 6.08 Å². The monoisotopic (exact) mass is 213 g/mol. The van der Waals surface area contributed by atoms with Crippen LogP contribution in [0.4, 0.5) is 0 Å². The summed E-state index contributed by atoms with van der Waals surface area (Å²) >= 11 is 0. The normalized spacial score (nSPS) is 16.9. The summed E-state index contributed by atoms with van der Waals surface area (Å²) in [6.45, 7) is 4.24. The van der Waals surface area contributed by atoms with Crippen molar-refractivity contribution in [2.75, 3.05) is 5.75 Å². The third-order valence-corrected chi connectivity index (χ3v) is 3.91. The predicted octanol–water partition coefficient (Wildman–Crippen LogP) is 0.241. The Morgan fingerprint density at radius 3 is 3.07 bits per heavy atom. The summed E-state index contributed by atoms with van der Waals surface area (Å²) in [5.74, 6) is -0.00922. The van der Waals surface area contributed by atoms with E-state index in [4.69, 9.17) is 0 Å². The summed E-state index contributed by atoms with van der Waals surface area (Å²) < 4.78 is 24.7. The van der Waals surface area contributed by atoms with Gasteiger partial charge in [-0.2, -0.15) is 9.40 Å². The van der Waals surface area contributed by atoms with Gasteiger partial charge in [-0.15, -0.1) is 6.58 Å². The highest BCUT2D eigenvalue weighted by Crippen LogP contribution is 2.22. The Bertz CT molecular complexity index is 428. The number of aromatic amines is 1. The minimum atomic E-state index is -3.18. The van der Waals surface area contributed by atoms with Gasteiger partial charge >= 0.3 is 0 Å². The minimum absolute atomic E-state index is 0.00922. The molecule has 0 unspecified atom stereocenters. The molecule has 2 heterocycles. The zero-order valence-corrected chi connectivity index (χ0v) is 8.42. The largest absolute Gasteiger partial charge is 0.281 e. The van der Waals surface area contributed by atoms with Crippen molar-refractivity contribution in [2.24, 2.45) is 0 Å². The van der Waals surface area contributed by atoms with Crippen LogP contribution in [0.2, 0.25) is 0 Å². The van der Waals surface area contributed by atoms with E-state index < -0.39 is 10.0 Å². The van der Waals surface area contributed by atoms with Crippen molar-refractivity contribution in [1.82, 2.24) is 14.5 Å². The van der Waals surface area contributed by atoms with Gasteiger partial charge in [0.25, 0.3) is 0 Å². The molecule has 6 heteroatoms. The molecule has 76 valence electrons. The summed E-state index contributed by atoms with van der Waals surface area (Å²) in [4.78, 5) is 0. The van der Waals surface area contributed by atoms with Gasteiger partial charge in [0.1, 0.15) is 0 Å². The lowest BCUT2D eigenvalue weighted by Gasteiger charge is -2.13. The minimum Gasteiger partial charge on any atom is -0.281 e. The van der Waals surface area contributed by atoms with Crippen LogP contribution in [0, 0.1) is 0 Å². The van der Waals surface area contributed by atoms with E-state index >= 15 is 0 Å². The van der Waals surface area contributed by atoms with E-state index in [9.17, 15) is 8.42 Å². The van der Waals surface area contributed by atoms with Gasteiger partial charge in [0.2, 0.25) is 10.0 Å². The number of hydrogen-bond donors (Lipinski definition) is 1. The smallest absolute Gasteiger partial charge is 0.218 e. The molecular weight excluding hydrogens is 202 g/mol. The lowest BCUT2D eigenvalue weighted by atomic mass is 10.3. The second-order valence-corrected chi connectivity index (χ2v) is 5.22. The summed E-state index contributed by atoms with van der Waals surface area (Å²) in [7, 11) is -3.18. The first kappa shape index (κ1) is 9.42. The lowest BCUT2D eigenvalue weighted by molar-refractivity contribution is 0.429. The van der Waals surface area contributed by atoms with Crippen LogP contribution in [-0.2, 0) is 23.1 Å². The number of sulfonamides is 1. The molecule has 0 radical (unpaired) electrons. The predicted molar refractivity (Wildman–Crippen MR) is 51.8 cm³/mol. The summed E-state index contributed by atoms with van der Waals surface area (Å²) in [5, 5.41) is 6.62. The molecule has 1 aromatic rings. The van der Waals surface area contributed by atoms with Gasteiger partial charge in [-0.05, 0) is 0 Å². The molecule has 0 atom stereocenters. The average Bonchev–Trinajstić information content (AvgIpc) is 2.60. The van der Waals surface area contributed by atoms with E-state index in [1.807, 2.05) is 0 Å². The standard InChI is InChI=1S/C8H11N3O2S/c1-2-3-14(12,13)11-5-7-4-9-10-8(7)6-11/h2,4H,1,3,5-6H2,(H,9,10). The van der Waals surface area contributed by atoms with Gasteiger partial charge in [0.05, 0.1) is 24.2 Å². The van der Waals surface area contributed by atoms with Crippen molar-refractivity contribution in [3.05, 3.63) is 30.1 Å². The maximum atomic E-state index is 11.6. The zero-order chi connectivity index (χ0) is 10.2. The second-order valence-electron chi connectivity index (χ2n) is 3.21. The first-order valence-electron chi connectivity index (χ1n) is 4.23. The van der Waals surface area contributed by atoms with Crippen LogP contribution in [-0.4, -0.2) is 28.7 Å². The van der Waals surface area contributed by atoms with E-state index in [0.29, 0.717) is 13.1 Å². The Labute approximate surface area is 82.5 Å². The van der Waals surface area contributed by atoms with E-state index in [0.717, 1.165) is 11.3 Å². The quantitative estimate of drug-likeness (QED) is 0.731. The summed E-state index contributed by atoms with van der Waals surface area (Å²) in [6, 6.07) is 0. The van der Waals surface area contributed by atoms with Crippen molar-refractivity contribution in [1.29, 1.82) is 0 Å². The third kappa shape index (κ3) is 1.46. The van der Waals surface area contributed by atoms with E-state index in [2.05, 4.69) is 16.8 Å². The number of nitrogens with zero attached hydrogens (tertiary/aromatic N) is 2. The molecule has 1 aromatic heterocycles. The molecule has 0 aliphatic carbocycles. The van der Waals surface area contributed by atoms with Gasteiger partial charge in [0, 0.05) is 12.1 Å². The Morgan fingerprint density at radius 1 is 1.64 bits per heavy atom. The fraction of sp³-hybridized carbons (Fsp3) is 0.375. The molecule has 0 amide bonds. The zero-order valence-electron chi connectivity index (χ0n) is 7.60. The van der Waals surface area contributed by atoms with E-state index in [1.54, 1.807) is 6.20 Å². The Hall–Kier alpha value is -1.14. The van der Waals surface area contributed by atoms with Crippen LogP contribution in [0.3, 0.4) is 0 Å².